The minimum absolute atomic E-state index is 0.131. The second-order valence-electron chi connectivity index (χ2n) is 5.11. The number of para-hydroxylation sites is 2. The normalized spacial score (nSPS) is 16.0. The average Bonchev–Trinajstić information content (AvgIpc) is 2.53. The molecule has 1 aliphatic rings. The zero-order valence-corrected chi connectivity index (χ0v) is 12.0. The SMILES string of the molecule is COc1ccccc1NCC(=O)N1CCC(CN)CC1. The first-order valence-electron chi connectivity index (χ1n) is 7.09. The monoisotopic (exact) mass is 277 g/mol. The van der Waals surface area contributed by atoms with Crippen LogP contribution in [0.15, 0.2) is 24.3 Å². The first-order chi connectivity index (χ1) is 9.74. The predicted molar refractivity (Wildman–Crippen MR) is 79.8 cm³/mol. The van der Waals surface area contributed by atoms with Gasteiger partial charge in [-0.05, 0) is 37.4 Å². The Kier molecular flexibility index (Phi) is 5.24. The molecule has 1 heterocycles. The molecule has 0 radical (unpaired) electrons. The van der Waals surface area contributed by atoms with E-state index in [-0.39, 0.29) is 5.91 Å². The lowest BCUT2D eigenvalue weighted by molar-refractivity contribution is -0.130. The van der Waals surface area contributed by atoms with Gasteiger partial charge in [-0.3, -0.25) is 4.79 Å². The van der Waals surface area contributed by atoms with E-state index < -0.39 is 0 Å². The molecular formula is C15H23N3O2. The minimum atomic E-state index is 0.131. The predicted octanol–water partition coefficient (Wildman–Crippen LogP) is 1.30. The van der Waals surface area contributed by atoms with Crippen LogP contribution in [-0.4, -0.2) is 44.1 Å². The summed E-state index contributed by atoms with van der Waals surface area (Å²) in [7, 11) is 1.62. The first kappa shape index (κ1) is 14.7. The highest BCUT2D eigenvalue weighted by Crippen LogP contribution is 2.23. The maximum atomic E-state index is 12.2. The Hall–Kier alpha value is -1.75. The molecule has 0 atom stereocenters. The van der Waals surface area contributed by atoms with Gasteiger partial charge in [0.25, 0.3) is 0 Å². The van der Waals surface area contributed by atoms with E-state index in [0.29, 0.717) is 12.5 Å². The number of nitrogens with two attached hydrogens (primary N) is 1. The van der Waals surface area contributed by atoms with Gasteiger partial charge in [-0.15, -0.1) is 0 Å². The largest absolute Gasteiger partial charge is 0.495 e. The van der Waals surface area contributed by atoms with Gasteiger partial charge in [0.05, 0.1) is 19.3 Å². The molecular weight excluding hydrogens is 254 g/mol. The molecule has 0 aromatic heterocycles. The quantitative estimate of drug-likeness (QED) is 0.851. The van der Waals surface area contributed by atoms with Crippen LogP contribution in [0.5, 0.6) is 5.75 Å². The summed E-state index contributed by atoms with van der Waals surface area (Å²) in [6.07, 6.45) is 2.02. The molecule has 1 aromatic rings. The molecule has 0 unspecified atom stereocenters. The van der Waals surface area contributed by atoms with Crippen LogP contribution in [0.1, 0.15) is 12.8 Å². The molecule has 1 fully saturated rings. The number of carbonyl (C=O) groups is 1. The number of piperidine rings is 1. The number of carbonyl (C=O) groups excluding carboxylic acids is 1. The Morgan fingerprint density at radius 2 is 2.10 bits per heavy atom. The summed E-state index contributed by atoms with van der Waals surface area (Å²) in [4.78, 5) is 14.1. The Morgan fingerprint density at radius 1 is 1.40 bits per heavy atom. The van der Waals surface area contributed by atoms with Crippen molar-refractivity contribution in [3.8, 4) is 5.75 Å². The third kappa shape index (κ3) is 3.63. The summed E-state index contributed by atoms with van der Waals surface area (Å²) in [5.74, 6) is 1.45. The lowest BCUT2D eigenvalue weighted by Gasteiger charge is -2.31. The number of nitrogens with zero attached hydrogens (tertiary/aromatic N) is 1. The maximum absolute atomic E-state index is 12.2. The van der Waals surface area contributed by atoms with Crippen LogP contribution in [0.25, 0.3) is 0 Å². The molecule has 1 aliphatic heterocycles. The number of amides is 1. The number of methoxy groups -OCH3 is 1. The molecule has 0 bridgehead atoms. The summed E-state index contributed by atoms with van der Waals surface area (Å²) < 4.78 is 5.25. The molecule has 3 N–H and O–H groups in total. The van der Waals surface area contributed by atoms with Crippen LogP contribution >= 0.6 is 0 Å². The van der Waals surface area contributed by atoms with Crippen molar-refractivity contribution in [3.05, 3.63) is 24.3 Å². The van der Waals surface area contributed by atoms with Crippen molar-refractivity contribution in [3.63, 3.8) is 0 Å². The van der Waals surface area contributed by atoms with Crippen LogP contribution in [0, 0.1) is 5.92 Å². The second kappa shape index (κ2) is 7.14. The Labute approximate surface area is 120 Å². The summed E-state index contributed by atoms with van der Waals surface area (Å²) in [6.45, 7) is 2.65. The van der Waals surface area contributed by atoms with Gasteiger partial charge in [0.2, 0.25) is 5.91 Å². The highest BCUT2D eigenvalue weighted by Gasteiger charge is 2.21. The third-order valence-corrected chi connectivity index (χ3v) is 3.84. The molecule has 1 saturated heterocycles. The lowest BCUT2D eigenvalue weighted by Crippen LogP contribution is -2.42. The van der Waals surface area contributed by atoms with Gasteiger partial charge in [-0.2, -0.15) is 0 Å². The van der Waals surface area contributed by atoms with Crippen molar-refractivity contribution >= 4 is 11.6 Å². The van der Waals surface area contributed by atoms with Crippen molar-refractivity contribution in [2.75, 3.05) is 38.6 Å². The number of anilines is 1. The van der Waals surface area contributed by atoms with E-state index in [1.807, 2.05) is 29.2 Å². The van der Waals surface area contributed by atoms with E-state index in [0.717, 1.165) is 43.9 Å². The molecule has 2 rings (SSSR count). The zero-order chi connectivity index (χ0) is 14.4. The number of nitrogens with one attached hydrogen (secondary N) is 1. The van der Waals surface area contributed by atoms with Gasteiger partial charge >= 0.3 is 0 Å². The van der Waals surface area contributed by atoms with E-state index in [2.05, 4.69) is 5.32 Å². The van der Waals surface area contributed by atoms with Crippen molar-refractivity contribution < 1.29 is 9.53 Å². The van der Waals surface area contributed by atoms with Crippen LogP contribution in [0.4, 0.5) is 5.69 Å². The Balaban J connectivity index is 1.83. The van der Waals surface area contributed by atoms with Crippen LogP contribution in [0.2, 0.25) is 0 Å². The molecule has 5 nitrogen and oxygen atoms in total. The second-order valence-corrected chi connectivity index (χ2v) is 5.11. The van der Waals surface area contributed by atoms with Crippen LogP contribution < -0.4 is 15.8 Å². The Bertz CT molecular complexity index is 442. The smallest absolute Gasteiger partial charge is 0.241 e. The highest BCUT2D eigenvalue weighted by atomic mass is 16.5. The fraction of sp³-hybridized carbons (Fsp3) is 0.533. The van der Waals surface area contributed by atoms with Crippen molar-refractivity contribution in [1.29, 1.82) is 0 Å². The van der Waals surface area contributed by atoms with E-state index in [4.69, 9.17) is 10.5 Å². The Morgan fingerprint density at radius 3 is 2.75 bits per heavy atom. The summed E-state index contributed by atoms with van der Waals surface area (Å²) in [5.41, 5.74) is 6.51. The topological polar surface area (TPSA) is 67.6 Å². The fourth-order valence-corrected chi connectivity index (χ4v) is 2.49. The number of hydrogen-bond acceptors (Lipinski definition) is 4. The van der Waals surface area contributed by atoms with E-state index >= 15 is 0 Å². The van der Waals surface area contributed by atoms with Gasteiger partial charge in [-0.25, -0.2) is 0 Å². The number of ether oxygens (including phenoxy) is 1. The summed E-state index contributed by atoms with van der Waals surface area (Å²) in [6, 6.07) is 7.61. The van der Waals surface area contributed by atoms with Crippen LogP contribution in [-0.2, 0) is 4.79 Å². The minimum Gasteiger partial charge on any atom is -0.495 e. The molecule has 1 amide bonds. The number of rotatable bonds is 5. The summed E-state index contributed by atoms with van der Waals surface area (Å²) in [5, 5.41) is 3.15. The number of benzene rings is 1. The number of hydrogen-bond donors (Lipinski definition) is 2. The molecule has 1 aromatic carbocycles. The van der Waals surface area contributed by atoms with Gasteiger partial charge in [0.1, 0.15) is 5.75 Å². The molecule has 5 heteroatoms. The fourth-order valence-electron chi connectivity index (χ4n) is 2.49. The van der Waals surface area contributed by atoms with Gasteiger partial charge in [-0.1, -0.05) is 12.1 Å². The van der Waals surface area contributed by atoms with Gasteiger partial charge in [0, 0.05) is 13.1 Å². The van der Waals surface area contributed by atoms with Crippen LogP contribution in [0.3, 0.4) is 0 Å². The highest BCUT2D eigenvalue weighted by molar-refractivity contribution is 5.81. The van der Waals surface area contributed by atoms with E-state index in [1.54, 1.807) is 7.11 Å². The molecule has 0 saturated carbocycles. The standard InChI is InChI=1S/C15H23N3O2/c1-20-14-5-3-2-4-13(14)17-11-15(19)18-8-6-12(10-16)7-9-18/h2-5,12,17H,6-11,16H2,1H3. The van der Waals surface area contributed by atoms with Gasteiger partial charge < -0.3 is 20.7 Å². The average molecular weight is 277 g/mol. The van der Waals surface area contributed by atoms with E-state index in [1.165, 1.54) is 0 Å². The first-order valence-corrected chi connectivity index (χ1v) is 7.09. The molecule has 0 spiro atoms. The molecule has 20 heavy (non-hydrogen) atoms. The summed E-state index contributed by atoms with van der Waals surface area (Å²) >= 11 is 0. The van der Waals surface area contributed by atoms with E-state index in [9.17, 15) is 4.79 Å². The van der Waals surface area contributed by atoms with Crippen molar-refractivity contribution in [2.45, 2.75) is 12.8 Å². The zero-order valence-electron chi connectivity index (χ0n) is 12.0. The van der Waals surface area contributed by atoms with Gasteiger partial charge in [0.15, 0.2) is 0 Å². The van der Waals surface area contributed by atoms with Crippen molar-refractivity contribution in [2.24, 2.45) is 11.7 Å². The van der Waals surface area contributed by atoms with Crippen molar-refractivity contribution in [1.82, 2.24) is 4.90 Å². The molecule has 0 aliphatic carbocycles. The maximum Gasteiger partial charge on any atom is 0.241 e. The lowest BCUT2D eigenvalue weighted by atomic mass is 9.97. The third-order valence-electron chi connectivity index (χ3n) is 3.84. The number of likely N-dealkylation sites (tertiary alicyclic amines) is 1. The molecule has 110 valence electrons.